The summed E-state index contributed by atoms with van der Waals surface area (Å²) in [4.78, 5) is 25.1. The van der Waals surface area contributed by atoms with Crippen LogP contribution in [0, 0.1) is 6.92 Å². The summed E-state index contributed by atoms with van der Waals surface area (Å²) in [6.07, 6.45) is 3.24. The Labute approximate surface area is 125 Å². The Morgan fingerprint density at radius 1 is 1.10 bits per heavy atom. The highest BCUT2D eigenvalue weighted by molar-refractivity contribution is 7.13. The van der Waals surface area contributed by atoms with Crippen LogP contribution < -0.4 is 9.80 Å². The van der Waals surface area contributed by atoms with Gasteiger partial charge in [-0.3, -0.25) is 0 Å². The van der Waals surface area contributed by atoms with E-state index in [-0.39, 0.29) is 0 Å². The first kappa shape index (κ1) is 12.5. The lowest BCUT2D eigenvalue weighted by Crippen LogP contribution is -2.46. The molecule has 0 amide bonds. The fourth-order valence-electron chi connectivity index (χ4n) is 2.59. The molecule has 4 heterocycles. The van der Waals surface area contributed by atoms with Gasteiger partial charge >= 0.3 is 0 Å². The molecule has 1 aliphatic rings. The molecular weight excluding hydrogens is 286 g/mol. The first-order chi connectivity index (χ1) is 10.3. The number of aryl methyl sites for hydroxylation is 1. The fraction of sp³-hybridized carbons (Fsp3) is 0.385. The van der Waals surface area contributed by atoms with Crippen molar-refractivity contribution < 1.29 is 0 Å². The summed E-state index contributed by atoms with van der Waals surface area (Å²) in [6, 6.07) is 0. The van der Waals surface area contributed by atoms with E-state index in [2.05, 4.69) is 40.1 Å². The molecule has 0 saturated carbocycles. The second kappa shape index (κ2) is 4.96. The van der Waals surface area contributed by atoms with Gasteiger partial charge in [-0.1, -0.05) is 0 Å². The zero-order chi connectivity index (χ0) is 14.2. The van der Waals surface area contributed by atoms with E-state index >= 15 is 0 Å². The summed E-state index contributed by atoms with van der Waals surface area (Å²) in [7, 11) is 0. The van der Waals surface area contributed by atoms with Crippen LogP contribution in [-0.2, 0) is 0 Å². The van der Waals surface area contributed by atoms with Crippen molar-refractivity contribution in [1.82, 2.24) is 24.9 Å². The number of thiazole rings is 1. The summed E-state index contributed by atoms with van der Waals surface area (Å²) < 4.78 is 0. The molecule has 21 heavy (non-hydrogen) atoms. The molecule has 7 nitrogen and oxygen atoms in total. The van der Waals surface area contributed by atoms with Crippen molar-refractivity contribution in [2.75, 3.05) is 36.0 Å². The Kier molecular flexibility index (Phi) is 2.95. The minimum absolute atomic E-state index is 0.720. The number of nitrogens with zero attached hydrogens (tertiary/aromatic N) is 6. The van der Waals surface area contributed by atoms with Crippen LogP contribution in [0.25, 0.3) is 11.2 Å². The Hall–Kier alpha value is -2.22. The minimum Gasteiger partial charge on any atom is -0.351 e. The second-order valence-corrected chi connectivity index (χ2v) is 5.88. The Morgan fingerprint density at radius 3 is 2.67 bits per heavy atom. The molecule has 0 unspecified atom stereocenters. The fourth-order valence-corrected chi connectivity index (χ4v) is 3.45. The van der Waals surface area contributed by atoms with Crippen LogP contribution in [-0.4, -0.2) is 51.1 Å². The van der Waals surface area contributed by atoms with Gasteiger partial charge in [0, 0.05) is 31.6 Å². The molecule has 0 aliphatic carbocycles. The SMILES string of the molecule is Cc1csc(N2CCN(c3ncnc4nc[nH]c34)CC2)n1. The Morgan fingerprint density at radius 2 is 1.90 bits per heavy atom. The molecule has 0 bridgehead atoms. The van der Waals surface area contributed by atoms with E-state index in [4.69, 9.17) is 0 Å². The van der Waals surface area contributed by atoms with E-state index in [0.29, 0.717) is 0 Å². The van der Waals surface area contributed by atoms with Gasteiger partial charge in [0.2, 0.25) is 0 Å². The first-order valence-electron chi connectivity index (χ1n) is 6.87. The highest BCUT2D eigenvalue weighted by Crippen LogP contribution is 2.24. The van der Waals surface area contributed by atoms with E-state index in [0.717, 1.165) is 54.0 Å². The lowest BCUT2D eigenvalue weighted by atomic mass is 10.3. The monoisotopic (exact) mass is 301 g/mol. The molecule has 4 rings (SSSR count). The standard InChI is InChI=1S/C13H15N7S/c1-9-6-21-13(18-9)20-4-2-19(3-5-20)12-10-11(15-7-14-10)16-8-17-12/h6-8H,2-5H2,1H3,(H,14,15,16,17). The summed E-state index contributed by atoms with van der Waals surface area (Å²) >= 11 is 1.71. The number of anilines is 2. The Balaban J connectivity index is 1.53. The summed E-state index contributed by atoms with van der Waals surface area (Å²) in [5, 5.41) is 3.21. The van der Waals surface area contributed by atoms with Gasteiger partial charge in [0.05, 0.1) is 12.0 Å². The molecule has 3 aromatic heterocycles. The number of rotatable bonds is 2. The number of aromatic amines is 1. The van der Waals surface area contributed by atoms with Crippen LogP contribution in [0.1, 0.15) is 5.69 Å². The molecule has 0 radical (unpaired) electrons. The van der Waals surface area contributed by atoms with Gasteiger partial charge in [-0.2, -0.15) is 0 Å². The molecule has 1 aliphatic heterocycles. The van der Waals surface area contributed by atoms with E-state index in [1.54, 1.807) is 24.0 Å². The molecule has 0 atom stereocenters. The van der Waals surface area contributed by atoms with E-state index in [1.807, 2.05) is 6.92 Å². The molecule has 8 heteroatoms. The third-order valence-corrected chi connectivity index (χ3v) is 4.68. The average molecular weight is 301 g/mol. The van der Waals surface area contributed by atoms with Gasteiger partial charge in [-0.25, -0.2) is 19.9 Å². The highest BCUT2D eigenvalue weighted by atomic mass is 32.1. The number of imidazole rings is 1. The smallest absolute Gasteiger partial charge is 0.185 e. The number of hydrogen-bond donors (Lipinski definition) is 1. The maximum absolute atomic E-state index is 4.56. The maximum atomic E-state index is 4.56. The quantitative estimate of drug-likeness (QED) is 0.772. The predicted molar refractivity (Wildman–Crippen MR) is 83.0 cm³/mol. The summed E-state index contributed by atoms with van der Waals surface area (Å²) in [6.45, 7) is 5.78. The first-order valence-corrected chi connectivity index (χ1v) is 7.75. The summed E-state index contributed by atoms with van der Waals surface area (Å²) in [5.74, 6) is 0.937. The lowest BCUT2D eigenvalue weighted by Gasteiger charge is -2.35. The molecule has 0 spiro atoms. The van der Waals surface area contributed by atoms with Gasteiger partial charge < -0.3 is 14.8 Å². The zero-order valence-electron chi connectivity index (χ0n) is 11.7. The van der Waals surface area contributed by atoms with Crippen molar-refractivity contribution >= 4 is 33.5 Å². The van der Waals surface area contributed by atoms with Crippen molar-refractivity contribution in [3.05, 3.63) is 23.7 Å². The van der Waals surface area contributed by atoms with Gasteiger partial charge in [0.25, 0.3) is 0 Å². The van der Waals surface area contributed by atoms with Gasteiger partial charge in [-0.15, -0.1) is 11.3 Å². The van der Waals surface area contributed by atoms with E-state index < -0.39 is 0 Å². The van der Waals surface area contributed by atoms with Crippen molar-refractivity contribution in [2.24, 2.45) is 0 Å². The van der Waals surface area contributed by atoms with Gasteiger partial charge in [0.1, 0.15) is 11.8 Å². The van der Waals surface area contributed by atoms with Gasteiger partial charge in [-0.05, 0) is 6.92 Å². The number of aromatic nitrogens is 5. The number of nitrogens with one attached hydrogen (secondary N) is 1. The molecule has 1 N–H and O–H groups in total. The molecule has 0 aromatic carbocycles. The van der Waals surface area contributed by atoms with E-state index in [9.17, 15) is 0 Å². The van der Waals surface area contributed by atoms with Crippen LogP contribution in [0.15, 0.2) is 18.0 Å². The molecule has 1 saturated heterocycles. The van der Waals surface area contributed by atoms with Crippen molar-refractivity contribution in [2.45, 2.75) is 6.92 Å². The van der Waals surface area contributed by atoms with Crippen LogP contribution >= 0.6 is 11.3 Å². The molecular formula is C13H15N7S. The topological polar surface area (TPSA) is 73.8 Å². The number of H-pyrrole nitrogens is 1. The van der Waals surface area contributed by atoms with Crippen LogP contribution in [0.2, 0.25) is 0 Å². The van der Waals surface area contributed by atoms with Crippen LogP contribution in [0.3, 0.4) is 0 Å². The molecule has 3 aromatic rings. The average Bonchev–Trinajstić information content (AvgIpc) is 3.15. The van der Waals surface area contributed by atoms with Gasteiger partial charge in [0.15, 0.2) is 16.6 Å². The van der Waals surface area contributed by atoms with Crippen molar-refractivity contribution in [3.8, 4) is 0 Å². The third kappa shape index (κ3) is 2.21. The van der Waals surface area contributed by atoms with Crippen LogP contribution in [0.5, 0.6) is 0 Å². The number of hydrogen-bond acceptors (Lipinski definition) is 7. The zero-order valence-corrected chi connectivity index (χ0v) is 12.5. The van der Waals surface area contributed by atoms with Crippen LogP contribution in [0.4, 0.5) is 10.9 Å². The minimum atomic E-state index is 0.720. The predicted octanol–water partition coefficient (Wildman–Crippen LogP) is 1.44. The molecule has 108 valence electrons. The van der Waals surface area contributed by atoms with Crippen molar-refractivity contribution in [3.63, 3.8) is 0 Å². The van der Waals surface area contributed by atoms with E-state index in [1.165, 1.54) is 0 Å². The largest absolute Gasteiger partial charge is 0.351 e. The Bertz CT molecular complexity index is 757. The number of fused-ring (bicyclic) bond motifs is 1. The maximum Gasteiger partial charge on any atom is 0.185 e. The van der Waals surface area contributed by atoms with Crippen molar-refractivity contribution in [1.29, 1.82) is 0 Å². The second-order valence-electron chi connectivity index (χ2n) is 5.04. The number of piperazine rings is 1. The normalized spacial score (nSPS) is 15.9. The summed E-state index contributed by atoms with van der Waals surface area (Å²) in [5.41, 5.74) is 2.72. The highest BCUT2D eigenvalue weighted by Gasteiger charge is 2.22. The lowest BCUT2D eigenvalue weighted by molar-refractivity contribution is 0.646. The third-order valence-electron chi connectivity index (χ3n) is 3.66. The molecule has 1 fully saturated rings.